The van der Waals surface area contributed by atoms with E-state index in [4.69, 9.17) is 11.6 Å². The number of carboxylic acid groups (broad SMARTS) is 1. The molecule has 1 atom stereocenters. The highest BCUT2D eigenvalue weighted by atomic mass is 35.5. The first-order valence-electron chi connectivity index (χ1n) is 7.98. The number of carbonyl (C=O) groups excluding carboxylic acids is 1. The number of aryl methyl sites for hydroxylation is 1. The highest BCUT2D eigenvalue weighted by Gasteiger charge is 2.41. The number of aromatic nitrogens is 2. The van der Waals surface area contributed by atoms with Crippen LogP contribution in [0.4, 0.5) is 0 Å². The van der Waals surface area contributed by atoms with Crippen molar-refractivity contribution >= 4 is 23.5 Å². The molecule has 1 saturated heterocycles. The van der Waals surface area contributed by atoms with Crippen molar-refractivity contribution < 1.29 is 14.7 Å². The summed E-state index contributed by atoms with van der Waals surface area (Å²) in [4.78, 5) is 30.9. The number of aromatic carboxylic acids is 1. The van der Waals surface area contributed by atoms with Crippen molar-refractivity contribution in [3.8, 4) is 5.69 Å². The number of carbonyl (C=O) groups is 2. The van der Waals surface area contributed by atoms with Crippen LogP contribution in [0, 0.1) is 0 Å². The average molecular weight is 346 g/mol. The van der Waals surface area contributed by atoms with Gasteiger partial charge in [0.15, 0.2) is 5.69 Å². The molecular formula is C17H16ClN3O3. The van der Waals surface area contributed by atoms with Gasteiger partial charge in [0.05, 0.1) is 23.0 Å². The van der Waals surface area contributed by atoms with Gasteiger partial charge in [-0.25, -0.2) is 9.78 Å². The van der Waals surface area contributed by atoms with Gasteiger partial charge in [-0.3, -0.25) is 9.36 Å². The Morgan fingerprint density at radius 1 is 1.46 bits per heavy atom. The minimum Gasteiger partial charge on any atom is -0.476 e. The van der Waals surface area contributed by atoms with E-state index in [2.05, 4.69) is 4.98 Å². The molecule has 4 rings (SSSR count). The number of rotatable bonds is 2. The summed E-state index contributed by atoms with van der Waals surface area (Å²) >= 11 is 6.10. The number of halogens is 1. The number of benzene rings is 1. The fourth-order valence-electron chi connectivity index (χ4n) is 3.77. The van der Waals surface area contributed by atoms with Crippen LogP contribution in [0.15, 0.2) is 18.2 Å². The third-order valence-corrected chi connectivity index (χ3v) is 5.00. The molecule has 0 aliphatic carbocycles. The van der Waals surface area contributed by atoms with E-state index >= 15 is 0 Å². The Balaban J connectivity index is 2.10. The van der Waals surface area contributed by atoms with E-state index in [1.807, 2.05) is 11.5 Å². The lowest BCUT2D eigenvalue weighted by Gasteiger charge is -2.22. The predicted molar refractivity (Wildman–Crippen MR) is 87.9 cm³/mol. The van der Waals surface area contributed by atoms with Gasteiger partial charge in [-0.15, -0.1) is 0 Å². The Morgan fingerprint density at radius 2 is 2.25 bits per heavy atom. The second-order valence-corrected chi connectivity index (χ2v) is 6.51. The van der Waals surface area contributed by atoms with Crippen LogP contribution in [0.1, 0.15) is 58.2 Å². The second-order valence-electron chi connectivity index (χ2n) is 6.07. The fraction of sp³-hybridized carbons (Fsp3) is 0.353. The lowest BCUT2D eigenvalue weighted by Crippen LogP contribution is -2.30. The van der Waals surface area contributed by atoms with E-state index in [1.165, 1.54) is 0 Å². The van der Waals surface area contributed by atoms with E-state index in [0.717, 1.165) is 12.8 Å². The fourth-order valence-corrected chi connectivity index (χ4v) is 3.95. The van der Waals surface area contributed by atoms with Crippen LogP contribution in [-0.2, 0) is 6.42 Å². The number of hydrogen-bond donors (Lipinski definition) is 1. The topological polar surface area (TPSA) is 75.4 Å². The molecule has 2 aliphatic rings. The van der Waals surface area contributed by atoms with Crippen LogP contribution in [0.5, 0.6) is 0 Å². The molecule has 0 bridgehead atoms. The zero-order valence-corrected chi connectivity index (χ0v) is 13.9. The largest absolute Gasteiger partial charge is 0.476 e. The smallest absolute Gasteiger partial charge is 0.356 e. The third kappa shape index (κ3) is 1.99. The first-order valence-corrected chi connectivity index (χ1v) is 8.36. The zero-order valence-electron chi connectivity index (χ0n) is 13.1. The van der Waals surface area contributed by atoms with Crippen molar-refractivity contribution in [3.05, 3.63) is 46.0 Å². The van der Waals surface area contributed by atoms with Crippen LogP contribution in [0.2, 0.25) is 5.02 Å². The number of carboxylic acids is 1. The number of amides is 1. The third-order valence-electron chi connectivity index (χ3n) is 4.76. The number of nitrogens with zero attached hydrogens (tertiary/aromatic N) is 3. The molecule has 0 radical (unpaired) electrons. The van der Waals surface area contributed by atoms with Crippen molar-refractivity contribution in [1.29, 1.82) is 0 Å². The summed E-state index contributed by atoms with van der Waals surface area (Å²) in [7, 11) is 0. The minimum absolute atomic E-state index is 0.0411. The van der Waals surface area contributed by atoms with E-state index in [9.17, 15) is 14.7 Å². The van der Waals surface area contributed by atoms with Gasteiger partial charge in [0.2, 0.25) is 0 Å². The average Bonchev–Trinajstić information content (AvgIpc) is 3.15. The van der Waals surface area contributed by atoms with Crippen molar-refractivity contribution in [2.24, 2.45) is 0 Å². The molecule has 24 heavy (non-hydrogen) atoms. The van der Waals surface area contributed by atoms with Gasteiger partial charge in [0, 0.05) is 18.0 Å². The van der Waals surface area contributed by atoms with Gasteiger partial charge in [0.1, 0.15) is 5.82 Å². The maximum Gasteiger partial charge on any atom is 0.356 e. The van der Waals surface area contributed by atoms with Crippen LogP contribution < -0.4 is 0 Å². The van der Waals surface area contributed by atoms with E-state index in [1.54, 1.807) is 23.1 Å². The molecule has 0 saturated carbocycles. The normalized spacial score (nSPS) is 18.8. The van der Waals surface area contributed by atoms with Crippen molar-refractivity contribution in [2.75, 3.05) is 6.54 Å². The van der Waals surface area contributed by atoms with Gasteiger partial charge in [0.25, 0.3) is 5.91 Å². The molecule has 1 aromatic heterocycles. The lowest BCUT2D eigenvalue weighted by atomic mass is 10.1. The Labute approximate surface area is 143 Å². The SMILES string of the molecule is CCc1nc(C(=O)O)c2n1-c1ccc(Cl)cc1C(=O)N1CCC[C@@H]21. The van der Waals surface area contributed by atoms with Gasteiger partial charge < -0.3 is 10.0 Å². The van der Waals surface area contributed by atoms with Crippen LogP contribution >= 0.6 is 11.6 Å². The number of hydrogen-bond acceptors (Lipinski definition) is 3. The van der Waals surface area contributed by atoms with Crippen LogP contribution in [0.25, 0.3) is 5.69 Å². The Kier molecular flexibility index (Phi) is 3.38. The summed E-state index contributed by atoms with van der Waals surface area (Å²) < 4.78 is 1.85. The van der Waals surface area contributed by atoms with E-state index in [0.29, 0.717) is 40.8 Å². The number of imidazole rings is 1. The van der Waals surface area contributed by atoms with Gasteiger partial charge in [-0.1, -0.05) is 18.5 Å². The highest BCUT2D eigenvalue weighted by Crippen LogP contribution is 2.41. The zero-order chi connectivity index (χ0) is 17.0. The quantitative estimate of drug-likeness (QED) is 0.907. The van der Waals surface area contributed by atoms with Crippen LogP contribution in [0.3, 0.4) is 0 Å². The number of fused-ring (bicyclic) bond motifs is 5. The summed E-state index contributed by atoms with van der Waals surface area (Å²) in [6, 6.07) is 4.88. The summed E-state index contributed by atoms with van der Waals surface area (Å²) in [6.45, 7) is 2.54. The maximum atomic E-state index is 13.0. The van der Waals surface area contributed by atoms with E-state index in [-0.39, 0.29) is 17.6 Å². The predicted octanol–water partition coefficient (Wildman–Crippen LogP) is 3.08. The molecule has 1 amide bonds. The molecule has 2 aliphatic heterocycles. The first-order chi connectivity index (χ1) is 11.5. The summed E-state index contributed by atoms with van der Waals surface area (Å²) in [5, 5.41) is 10.1. The molecule has 1 aromatic carbocycles. The Hall–Kier alpha value is -2.34. The van der Waals surface area contributed by atoms with Crippen molar-refractivity contribution in [1.82, 2.24) is 14.5 Å². The monoisotopic (exact) mass is 345 g/mol. The van der Waals surface area contributed by atoms with Crippen LogP contribution in [-0.4, -0.2) is 38.0 Å². The molecule has 3 heterocycles. The summed E-state index contributed by atoms with van der Waals surface area (Å²) in [5.41, 5.74) is 1.80. The lowest BCUT2D eigenvalue weighted by molar-refractivity contribution is 0.0673. The summed E-state index contributed by atoms with van der Waals surface area (Å²) in [5.74, 6) is -0.514. The summed E-state index contributed by atoms with van der Waals surface area (Å²) in [6.07, 6.45) is 2.16. The van der Waals surface area contributed by atoms with Gasteiger partial charge in [-0.2, -0.15) is 0 Å². The van der Waals surface area contributed by atoms with Gasteiger partial charge >= 0.3 is 5.97 Å². The maximum absolute atomic E-state index is 13.0. The second kappa shape index (κ2) is 5.34. The highest BCUT2D eigenvalue weighted by molar-refractivity contribution is 6.31. The molecule has 1 N–H and O–H groups in total. The van der Waals surface area contributed by atoms with Gasteiger partial charge in [-0.05, 0) is 31.0 Å². The Bertz CT molecular complexity index is 874. The standard InChI is InChI=1S/C17H16ClN3O3/c1-2-13-19-14(17(23)24)15-12-4-3-7-20(12)16(22)10-8-9(18)5-6-11(10)21(13)15/h5-6,8,12H,2-4,7H2,1H3,(H,23,24)/t12-/m0/s1. The molecule has 6 nitrogen and oxygen atoms in total. The molecule has 7 heteroatoms. The molecule has 1 fully saturated rings. The molecular weight excluding hydrogens is 330 g/mol. The minimum atomic E-state index is -1.06. The first kappa shape index (κ1) is 15.2. The molecule has 0 spiro atoms. The molecule has 2 aromatic rings. The van der Waals surface area contributed by atoms with Crippen molar-refractivity contribution in [3.63, 3.8) is 0 Å². The molecule has 0 unspecified atom stereocenters. The van der Waals surface area contributed by atoms with Crippen molar-refractivity contribution in [2.45, 2.75) is 32.2 Å². The molecule has 124 valence electrons. The Morgan fingerprint density at radius 3 is 2.96 bits per heavy atom. The van der Waals surface area contributed by atoms with E-state index < -0.39 is 5.97 Å².